The molecule has 3 N–H and O–H groups in total. The van der Waals surface area contributed by atoms with Crippen LogP contribution in [0.3, 0.4) is 0 Å². The molecule has 0 amide bonds. The fraction of sp³-hybridized carbons (Fsp3) is 1.00. The van der Waals surface area contributed by atoms with E-state index in [0.29, 0.717) is 19.8 Å². The predicted molar refractivity (Wildman–Crippen MR) is 120 cm³/mol. The number of aliphatic hydroxyl groups excluding tert-OH is 3. The Hall–Kier alpha value is -0.240. The van der Waals surface area contributed by atoms with Crippen molar-refractivity contribution in [2.24, 2.45) is 0 Å². The molecule has 0 bridgehead atoms. The molecule has 0 unspecified atom stereocenters. The molecule has 6 nitrogen and oxygen atoms in total. The fourth-order valence-corrected chi connectivity index (χ4v) is 3.99. The Morgan fingerprint density at radius 2 is 0.767 bits per heavy atom. The van der Waals surface area contributed by atoms with Gasteiger partial charge in [0.15, 0.2) is 0 Å². The number of hydrogen-bond donors (Lipinski definition) is 3. The molecule has 0 radical (unpaired) electrons. The van der Waals surface area contributed by atoms with Gasteiger partial charge in [0.05, 0.1) is 0 Å². The van der Waals surface area contributed by atoms with Crippen molar-refractivity contribution >= 4 is 0 Å². The molecule has 1 saturated carbocycles. The van der Waals surface area contributed by atoms with Crippen molar-refractivity contribution in [2.75, 3.05) is 19.8 Å². The third-order valence-corrected chi connectivity index (χ3v) is 5.95. The monoisotopic (exact) mass is 432 g/mol. The van der Waals surface area contributed by atoms with Crippen molar-refractivity contribution in [3.63, 3.8) is 0 Å². The highest BCUT2D eigenvalue weighted by molar-refractivity contribution is 5.01. The van der Waals surface area contributed by atoms with Crippen LogP contribution in [0.5, 0.6) is 0 Å². The van der Waals surface area contributed by atoms with E-state index in [1.54, 1.807) is 0 Å². The van der Waals surface area contributed by atoms with Crippen molar-refractivity contribution in [3.05, 3.63) is 0 Å². The van der Waals surface area contributed by atoms with E-state index in [9.17, 15) is 15.3 Å². The summed E-state index contributed by atoms with van der Waals surface area (Å²) in [4.78, 5) is 0. The van der Waals surface area contributed by atoms with Gasteiger partial charge in [-0.25, -0.2) is 0 Å². The molecule has 0 saturated heterocycles. The summed E-state index contributed by atoms with van der Waals surface area (Å²) in [5, 5.41) is 31.6. The van der Waals surface area contributed by atoms with Crippen LogP contribution in [0.25, 0.3) is 0 Å². The first kappa shape index (κ1) is 27.8. The summed E-state index contributed by atoms with van der Waals surface area (Å²) in [7, 11) is 0. The second-order valence-corrected chi connectivity index (χ2v) is 8.66. The lowest BCUT2D eigenvalue weighted by Gasteiger charge is -2.45. The number of ether oxygens (including phenoxy) is 3. The second-order valence-electron chi connectivity index (χ2n) is 8.66. The van der Waals surface area contributed by atoms with Gasteiger partial charge in [-0.1, -0.05) is 78.6 Å². The first-order valence-electron chi connectivity index (χ1n) is 12.5. The van der Waals surface area contributed by atoms with Crippen LogP contribution in [0, 0.1) is 0 Å². The van der Waals surface area contributed by atoms with Gasteiger partial charge in [-0.05, 0) is 19.3 Å². The summed E-state index contributed by atoms with van der Waals surface area (Å²) < 4.78 is 18.1. The van der Waals surface area contributed by atoms with Crippen LogP contribution in [0.4, 0.5) is 0 Å². The quantitative estimate of drug-likeness (QED) is 0.284. The van der Waals surface area contributed by atoms with Gasteiger partial charge in [0.25, 0.3) is 0 Å². The number of aliphatic hydroxyl groups is 3. The van der Waals surface area contributed by atoms with Crippen molar-refractivity contribution < 1.29 is 29.5 Å². The van der Waals surface area contributed by atoms with E-state index in [1.165, 1.54) is 0 Å². The maximum Gasteiger partial charge on any atom is 0.115 e. The molecule has 0 aromatic heterocycles. The molecule has 180 valence electrons. The van der Waals surface area contributed by atoms with Crippen molar-refractivity contribution in [1.29, 1.82) is 0 Å². The molecule has 30 heavy (non-hydrogen) atoms. The molecule has 0 aromatic rings. The minimum absolute atomic E-state index is 0.503. The van der Waals surface area contributed by atoms with Crippen LogP contribution >= 0.6 is 0 Å². The average molecular weight is 433 g/mol. The van der Waals surface area contributed by atoms with Gasteiger partial charge >= 0.3 is 0 Å². The zero-order valence-corrected chi connectivity index (χ0v) is 19.6. The zero-order valence-electron chi connectivity index (χ0n) is 19.6. The first-order valence-corrected chi connectivity index (χ1v) is 12.5. The maximum atomic E-state index is 10.6. The Morgan fingerprint density at radius 1 is 0.433 bits per heavy atom. The third kappa shape index (κ3) is 9.92. The molecule has 1 fully saturated rings. The van der Waals surface area contributed by atoms with Crippen molar-refractivity contribution in [2.45, 2.75) is 134 Å². The van der Waals surface area contributed by atoms with Crippen LogP contribution in [-0.4, -0.2) is 71.8 Å². The molecule has 1 rings (SSSR count). The lowest BCUT2D eigenvalue weighted by Crippen LogP contribution is -2.65. The maximum absolute atomic E-state index is 10.6. The molecule has 1 aliphatic rings. The summed E-state index contributed by atoms with van der Waals surface area (Å²) in [6.07, 6.45) is 7.22. The van der Waals surface area contributed by atoms with E-state index in [0.717, 1.165) is 77.0 Å². The van der Waals surface area contributed by atoms with E-state index < -0.39 is 36.6 Å². The van der Waals surface area contributed by atoms with E-state index in [1.807, 2.05) is 0 Å². The van der Waals surface area contributed by atoms with E-state index in [-0.39, 0.29) is 0 Å². The summed E-state index contributed by atoms with van der Waals surface area (Å²) in [6.45, 7) is 8.03. The van der Waals surface area contributed by atoms with Crippen LogP contribution in [0.1, 0.15) is 97.8 Å². The largest absolute Gasteiger partial charge is 0.387 e. The van der Waals surface area contributed by atoms with Gasteiger partial charge in [0.2, 0.25) is 0 Å². The van der Waals surface area contributed by atoms with Crippen LogP contribution in [-0.2, 0) is 14.2 Å². The number of unbranched alkanes of at least 4 members (excludes halogenated alkanes) is 9. The van der Waals surface area contributed by atoms with Gasteiger partial charge in [0, 0.05) is 19.8 Å². The highest BCUT2D eigenvalue weighted by Crippen LogP contribution is 2.29. The Morgan fingerprint density at radius 3 is 1.10 bits per heavy atom. The SMILES string of the molecule is CCCCCCO[C@H]1[C@H](OCCCCCC)[C@H](O)[C@H](O)[C@@H](O)[C@@H]1OCCCCCC. The highest BCUT2D eigenvalue weighted by Gasteiger charge is 2.51. The van der Waals surface area contributed by atoms with Gasteiger partial charge < -0.3 is 29.5 Å². The average Bonchev–Trinajstić information content (AvgIpc) is 2.75. The van der Waals surface area contributed by atoms with Crippen molar-refractivity contribution in [3.8, 4) is 0 Å². The topological polar surface area (TPSA) is 88.4 Å². The minimum atomic E-state index is -1.30. The fourth-order valence-electron chi connectivity index (χ4n) is 3.99. The molecule has 0 spiro atoms. The summed E-state index contributed by atoms with van der Waals surface area (Å²) >= 11 is 0. The summed E-state index contributed by atoms with van der Waals surface area (Å²) in [5.74, 6) is 0. The second kappa shape index (κ2) is 17.3. The highest BCUT2D eigenvalue weighted by atomic mass is 16.6. The lowest BCUT2D eigenvalue weighted by atomic mass is 9.84. The molecule has 0 aromatic carbocycles. The normalized spacial score (nSPS) is 29.4. The predicted octanol–water partition coefficient (Wildman–Crippen LogP) is 3.98. The molecule has 6 heteroatoms. The van der Waals surface area contributed by atoms with Crippen LogP contribution in [0.2, 0.25) is 0 Å². The summed E-state index contributed by atoms with van der Waals surface area (Å²) in [6, 6.07) is 0. The Kier molecular flexibility index (Phi) is 16.1. The number of hydrogen-bond acceptors (Lipinski definition) is 6. The third-order valence-electron chi connectivity index (χ3n) is 5.95. The first-order chi connectivity index (χ1) is 14.6. The molecular formula is C24H48O6. The number of rotatable bonds is 18. The van der Waals surface area contributed by atoms with E-state index >= 15 is 0 Å². The molecule has 0 aliphatic heterocycles. The van der Waals surface area contributed by atoms with Gasteiger partial charge in [-0.2, -0.15) is 0 Å². The van der Waals surface area contributed by atoms with Crippen LogP contribution in [0.15, 0.2) is 0 Å². The van der Waals surface area contributed by atoms with E-state index in [4.69, 9.17) is 14.2 Å². The Bertz CT molecular complexity index is 366. The Labute approximate surface area is 184 Å². The van der Waals surface area contributed by atoms with Crippen molar-refractivity contribution in [1.82, 2.24) is 0 Å². The van der Waals surface area contributed by atoms with Gasteiger partial charge in [-0.3, -0.25) is 0 Å². The Balaban J connectivity index is 2.73. The van der Waals surface area contributed by atoms with Gasteiger partial charge in [0.1, 0.15) is 36.6 Å². The minimum Gasteiger partial charge on any atom is -0.387 e. The molecular weight excluding hydrogens is 384 g/mol. The standard InChI is InChI=1S/C24H48O6/c1-4-7-10-13-16-28-22-20(26)19(25)21(27)23(29-17-14-11-8-5-2)24(22)30-18-15-12-9-6-3/h19-27H,4-18H2,1-3H3/t19-,20-,21-,22+,23-,24-/m1/s1. The summed E-state index contributed by atoms with van der Waals surface area (Å²) in [5.41, 5.74) is 0. The molecule has 6 atom stereocenters. The molecule has 1 aliphatic carbocycles. The molecule has 0 heterocycles. The van der Waals surface area contributed by atoms with Crippen LogP contribution < -0.4 is 0 Å². The van der Waals surface area contributed by atoms with E-state index in [2.05, 4.69) is 20.8 Å². The smallest absolute Gasteiger partial charge is 0.115 e. The zero-order chi connectivity index (χ0) is 22.2. The lowest BCUT2D eigenvalue weighted by molar-refractivity contribution is -0.257. The van der Waals surface area contributed by atoms with Gasteiger partial charge in [-0.15, -0.1) is 0 Å².